The van der Waals surface area contributed by atoms with Crippen LogP contribution in [-0.4, -0.2) is 67.8 Å². The predicted molar refractivity (Wildman–Crippen MR) is 42.8 cm³/mol. The van der Waals surface area contributed by atoms with Crippen LogP contribution >= 0.6 is 0 Å². The average Bonchev–Trinajstić information content (AvgIpc) is 2.12. The average molecular weight is 196 g/mol. The van der Waals surface area contributed by atoms with Gasteiger partial charge in [-0.2, -0.15) is 0 Å². The minimum Gasteiger partial charge on any atom is -0.394 e. The Labute approximate surface area is 75.7 Å². The van der Waals surface area contributed by atoms with Crippen LogP contribution in [-0.2, 0) is 0 Å². The molecule has 0 rings (SSSR count). The van der Waals surface area contributed by atoms with E-state index in [4.69, 9.17) is 30.6 Å². The Bertz CT molecular complexity index is 139. The Morgan fingerprint density at radius 1 is 0.846 bits per heavy atom. The highest BCUT2D eigenvalue weighted by atomic mass is 16.4. The Kier molecular flexibility index (Phi) is 5.38. The summed E-state index contributed by atoms with van der Waals surface area (Å²) >= 11 is 0. The zero-order valence-electron chi connectivity index (χ0n) is 7.28. The summed E-state index contributed by atoms with van der Waals surface area (Å²) < 4.78 is 0. The number of rotatable bonds is 5. The van der Waals surface area contributed by atoms with E-state index >= 15 is 0 Å². The van der Waals surface area contributed by atoms with Crippen LogP contribution < -0.4 is 0 Å². The molecule has 0 unspecified atom stereocenters. The summed E-state index contributed by atoms with van der Waals surface area (Å²) in [6.45, 7) is 0.497. The Morgan fingerprint density at radius 3 is 1.62 bits per heavy atom. The van der Waals surface area contributed by atoms with Crippen LogP contribution in [0.3, 0.4) is 0 Å². The smallest absolute Gasteiger partial charge is 0.111 e. The van der Waals surface area contributed by atoms with Crippen LogP contribution in [0.15, 0.2) is 0 Å². The zero-order chi connectivity index (χ0) is 10.6. The molecule has 0 saturated carbocycles. The van der Waals surface area contributed by atoms with Gasteiger partial charge in [-0.3, -0.25) is 0 Å². The van der Waals surface area contributed by atoms with E-state index in [9.17, 15) is 0 Å². The van der Waals surface area contributed by atoms with Crippen LogP contribution in [0, 0.1) is 0 Å². The van der Waals surface area contributed by atoms with Gasteiger partial charge in [-0.05, 0) is 6.92 Å². The summed E-state index contributed by atoms with van der Waals surface area (Å²) in [5, 5.41) is 53.4. The van der Waals surface area contributed by atoms with Gasteiger partial charge in [0.25, 0.3) is 0 Å². The maximum absolute atomic E-state index is 9.13. The van der Waals surface area contributed by atoms with Gasteiger partial charge in [-0.1, -0.05) is 0 Å². The zero-order valence-corrected chi connectivity index (χ0v) is 7.28. The molecule has 0 radical (unpaired) electrons. The fourth-order valence-electron chi connectivity index (χ4n) is 0.823. The second-order valence-electron chi connectivity index (χ2n) is 2.96. The molecule has 0 heterocycles. The van der Waals surface area contributed by atoms with Crippen molar-refractivity contribution in [3.63, 3.8) is 0 Å². The second kappa shape index (κ2) is 5.48. The van der Waals surface area contributed by atoms with E-state index in [2.05, 4.69) is 0 Å². The molecule has 0 saturated heterocycles. The SMILES string of the molecule is C[C@H](O)[C@@H](O)[C@H](O)[C@@H](O)[C@H](O)CO. The van der Waals surface area contributed by atoms with Gasteiger partial charge in [0.1, 0.15) is 24.4 Å². The van der Waals surface area contributed by atoms with Gasteiger partial charge in [0.2, 0.25) is 0 Å². The Balaban J connectivity index is 4.15. The van der Waals surface area contributed by atoms with E-state index in [1.165, 1.54) is 6.92 Å². The molecule has 0 aromatic carbocycles. The van der Waals surface area contributed by atoms with Gasteiger partial charge in [0, 0.05) is 0 Å². The molecule has 0 aliphatic carbocycles. The molecule has 6 nitrogen and oxygen atoms in total. The minimum absolute atomic E-state index is 0.731. The Hall–Kier alpha value is -0.240. The lowest BCUT2D eigenvalue weighted by molar-refractivity contribution is -0.137. The summed E-state index contributed by atoms with van der Waals surface area (Å²) in [7, 11) is 0. The van der Waals surface area contributed by atoms with Gasteiger partial charge in [-0.15, -0.1) is 0 Å². The molecule has 0 bridgehead atoms. The topological polar surface area (TPSA) is 121 Å². The molecule has 0 aromatic rings. The van der Waals surface area contributed by atoms with E-state index in [-0.39, 0.29) is 0 Å². The molecule has 5 atom stereocenters. The summed E-state index contributed by atoms with van der Waals surface area (Å²) in [6, 6.07) is 0. The van der Waals surface area contributed by atoms with Gasteiger partial charge < -0.3 is 30.6 Å². The molecule has 80 valence electrons. The lowest BCUT2D eigenvalue weighted by Crippen LogP contribution is -2.49. The highest BCUT2D eigenvalue weighted by Gasteiger charge is 2.32. The van der Waals surface area contributed by atoms with Crippen molar-refractivity contribution in [1.29, 1.82) is 0 Å². The summed E-state index contributed by atoms with van der Waals surface area (Å²) in [5.74, 6) is 0. The fourth-order valence-corrected chi connectivity index (χ4v) is 0.823. The van der Waals surface area contributed by atoms with Crippen LogP contribution in [0.5, 0.6) is 0 Å². The van der Waals surface area contributed by atoms with E-state index in [1.54, 1.807) is 0 Å². The number of hydrogen-bond acceptors (Lipinski definition) is 6. The summed E-state index contributed by atoms with van der Waals surface area (Å²) in [4.78, 5) is 0. The third-order valence-corrected chi connectivity index (χ3v) is 1.78. The molecule has 0 aliphatic rings. The van der Waals surface area contributed by atoms with Crippen molar-refractivity contribution >= 4 is 0 Å². The van der Waals surface area contributed by atoms with E-state index in [0.717, 1.165) is 0 Å². The van der Waals surface area contributed by atoms with Crippen molar-refractivity contribution in [3.8, 4) is 0 Å². The molecule has 0 spiro atoms. The van der Waals surface area contributed by atoms with Crippen molar-refractivity contribution in [1.82, 2.24) is 0 Å². The maximum atomic E-state index is 9.13. The molecular formula is C7H16O6. The van der Waals surface area contributed by atoms with Gasteiger partial charge in [0.15, 0.2) is 0 Å². The highest BCUT2D eigenvalue weighted by Crippen LogP contribution is 2.07. The van der Waals surface area contributed by atoms with Crippen molar-refractivity contribution in [3.05, 3.63) is 0 Å². The van der Waals surface area contributed by atoms with Crippen LogP contribution in [0.25, 0.3) is 0 Å². The van der Waals surface area contributed by atoms with Gasteiger partial charge in [0.05, 0.1) is 12.7 Å². The van der Waals surface area contributed by atoms with Gasteiger partial charge >= 0.3 is 0 Å². The molecule has 6 heteroatoms. The molecule has 0 aromatic heterocycles. The third kappa shape index (κ3) is 3.55. The van der Waals surface area contributed by atoms with Crippen molar-refractivity contribution < 1.29 is 30.6 Å². The lowest BCUT2D eigenvalue weighted by atomic mass is 10.0. The van der Waals surface area contributed by atoms with Crippen molar-refractivity contribution in [2.24, 2.45) is 0 Å². The molecule has 13 heavy (non-hydrogen) atoms. The maximum Gasteiger partial charge on any atom is 0.111 e. The first-order valence-electron chi connectivity index (χ1n) is 3.93. The molecular weight excluding hydrogens is 180 g/mol. The predicted octanol–water partition coefficient (Wildman–Crippen LogP) is -3.20. The van der Waals surface area contributed by atoms with E-state index in [0.29, 0.717) is 0 Å². The van der Waals surface area contributed by atoms with Crippen LogP contribution in [0.1, 0.15) is 6.92 Å². The summed E-state index contributed by atoms with van der Waals surface area (Å²) in [5.41, 5.74) is 0. The van der Waals surface area contributed by atoms with Crippen LogP contribution in [0.2, 0.25) is 0 Å². The fraction of sp³-hybridized carbons (Fsp3) is 1.00. The Morgan fingerprint density at radius 2 is 1.31 bits per heavy atom. The first kappa shape index (κ1) is 12.8. The molecule has 0 aliphatic heterocycles. The van der Waals surface area contributed by atoms with Crippen molar-refractivity contribution in [2.75, 3.05) is 6.61 Å². The van der Waals surface area contributed by atoms with Gasteiger partial charge in [-0.25, -0.2) is 0 Å². The number of aliphatic hydroxyl groups is 6. The standard InChI is InChI=1S/C7H16O6/c1-3(9)5(11)7(13)6(12)4(10)2-8/h3-13H,2H2,1H3/t3-,4+,5+,6-,7-/m0/s1. The first-order valence-corrected chi connectivity index (χ1v) is 3.93. The largest absolute Gasteiger partial charge is 0.394 e. The number of aliphatic hydroxyl groups excluding tert-OH is 6. The number of hydrogen-bond donors (Lipinski definition) is 6. The second-order valence-corrected chi connectivity index (χ2v) is 2.96. The molecule has 0 fully saturated rings. The van der Waals surface area contributed by atoms with Crippen molar-refractivity contribution in [2.45, 2.75) is 37.4 Å². The molecule has 6 N–H and O–H groups in total. The third-order valence-electron chi connectivity index (χ3n) is 1.78. The monoisotopic (exact) mass is 196 g/mol. The highest BCUT2D eigenvalue weighted by molar-refractivity contribution is 4.82. The van der Waals surface area contributed by atoms with E-state index in [1.807, 2.05) is 0 Å². The van der Waals surface area contributed by atoms with E-state index < -0.39 is 37.1 Å². The summed E-state index contributed by atoms with van der Waals surface area (Å²) in [6.07, 6.45) is -7.70. The normalized spacial score (nSPS) is 23.3. The lowest BCUT2D eigenvalue weighted by Gasteiger charge is -2.26. The van der Waals surface area contributed by atoms with Crippen LogP contribution in [0.4, 0.5) is 0 Å². The first-order chi connectivity index (χ1) is 5.91. The quantitative estimate of drug-likeness (QED) is 0.275. The minimum atomic E-state index is -1.69. The molecule has 0 amide bonds.